The van der Waals surface area contributed by atoms with Crippen LogP contribution in [0.15, 0.2) is 36.4 Å². The maximum atomic E-state index is 10.4. The second kappa shape index (κ2) is 5.62. The molecule has 0 amide bonds. The number of rotatable bonds is 2. The van der Waals surface area contributed by atoms with Crippen molar-refractivity contribution in [2.75, 3.05) is 11.4 Å². The molecule has 0 spiro atoms. The first-order chi connectivity index (χ1) is 11.3. The van der Waals surface area contributed by atoms with Gasteiger partial charge in [0.2, 0.25) is 0 Å². The van der Waals surface area contributed by atoms with E-state index in [1.807, 2.05) is 41.8 Å². The fraction of sp³-hybridized carbons (Fsp3) is 0.353. The molecule has 118 valence electrons. The highest BCUT2D eigenvalue weighted by Gasteiger charge is 2.21. The molecular weight excluding hydrogens is 290 g/mol. The van der Waals surface area contributed by atoms with Crippen LogP contribution in [0.1, 0.15) is 36.4 Å². The van der Waals surface area contributed by atoms with Crippen LogP contribution >= 0.6 is 0 Å². The maximum Gasteiger partial charge on any atom is 0.178 e. The number of hydrogen-bond donors (Lipinski definition) is 1. The molecule has 1 aliphatic rings. The van der Waals surface area contributed by atoms with Gasteiger partial charge in [-0.2, -0.15) is 4.52 Å². The predicted octanol–water partition coefficient (Wildman–Crippen LogP) is 2.13. The molecule has 0 aliphatic carbocycles. The Labute approximate surface area is 134 Å². The summed E-state index contributed by atoms with van der Waals surface area (Å²) < 4.78 is 1.81. The van der Waals surface area contributed by atoms with Gasteiger partial charge >= 0.3 is 0 Å². The quantitative estimate of drug-likeness (QED) is 0.785. The molecule has 6 nitrogen and oxygen atoms in total. The lowest BCUT2D eigenvalue weighted by Crippen LogP contribution is -2.24. The van der Waals surface area contributed by atoms with Crippen LogP contribution in [0.3, 0.4) is 0 Å². The summed E-state index contributed by atoms with van der Waals surface area (Å²) in [5, 5.41) is 23.4. The van der Waals surface area contributed by atoms with E-state index in [1.165, 1.54) is 0 Å². The Balaban J connectivity index is 1.73. The first kappa shape index (κ1) is 14.1. The minimum absolute atomic E-state index is 0.416. The zero-order chi connectivity index (χ0) is 15.8. The molecule has 0 radical (unpaired) electrons. The molecule has 6 heteroatoms. The van der Waals surface area contributed by atoms with E-state index in [0.29, 0.717) is 6.42 Å². The van der Waals surface area contributed by atoms with Crippen LogP contribution in [-0.2, 0) is 13.0 Å². The third-order valence-electron chi connectivity index (χ3n) is 4.40. The normalized spacial score (nSPS) is 18.0. The van der Waals surface area contributed by atoms with Gasteiger partial charge in [-0.3, -0.25) is 0 Å². The highest BCUT2D eigenvalue weighted by molar-refractivity contribution is 5.47. The summed E-state index contributed by atoms with van der Waals surface area (Å²) in [5.74, 6) is 1.74. The number of aliphatic hydroxyl groups is 1. The highest BCUT2D eigenvalue weighted by atomic mass is 16.3. The van der Waals surface area contributed by atoms with Crippen LogP contribution < -0.4 is 4.90 Å². The van der Waals surface area contributed by atoms with Crippen LogP contribution in [0.5, 0.6) is 0 Å². The highest BCUT2D eigenvalue weighted by Crippen LogP contribution is 2.28. The molecule has 23 heavy (non-hydrogen) atoms. The molecule has 3 heterocycles. The van der Waals surface area contributed by atoms with Crippen LogP contribution in [-0.4, -0.2) is 31.5 Å². The van der Waals surface area contributed by atoms with Gasteiger partial charge in [-0.1, -0.05) is 31.2 Å². The lowest BCUT2D eigenvalue weighted by Gasteiger charge is -2.21. The molecule has 3 aromatic rings. The zero-order valence-electron chi connectivity index (χ0n) is 13.1. The maximum absolute atomic E-state index is 10.4. The second-order valence-electron chi connectivity index (χ2n) is 5.86. The van der Waals surface area contributed by atoms with Crippen molar-refractivity contribution in [3.63, 3.8) is 0 Å². The summed E-state index contributed by atoms with van der Waals surface area (Å²) in [5.41, 5.74) is 2.94. The van der Waals surface area contributed by atoms with Gasteiger partial charge in [-0.15, -0.1) is 15.3 Å². The number of aliphatic hydroxyl groups excluding tert-OH is 1. The number of fused-ring (bicyclic) bond motifs is 2. The third kappa shape index (κ3) is 2.45. The Morgan fingerprint density at radius 1 is 1.17 bits per heavy atom. The number of aromatic nitrogens is 4. The van der Waals surface area contributed by atoms with Gasteiger partial charge in [-0.05, 0) is 29.7 Å². The smallest absolute Gasteiger partial charge is 0.178 e. The lowest BCUT2D eigenvalue weighted by molar-refractivity contribution is 0.171. The molecule has 0 saturated heterocycles. The van der Waals surface area contributed by atoms with Crippen LogP contribution in [0.2, 0.25) is 0 Å². The van der Waals surface area contributed by atoms with Crippen molar-refractivity contribution >= 4 is 11.5 Å². The van der Waals surface area contributed by atoms with E-state index in [4.69, 9.17) is 5.10 Å². The average Bonchev–Trinajstić information content (AvgIpc) is 2.92. The van der Waals surface area contributed by atoms with Crippen molar-refractivity contribution < 1.29 is 5.11 Å². The fourth-order valence-electron chi connectivity index (χ4n) is 3.13. The topological polar surface area (TPSA) is 66.5 Å². The van der Waals surface area contributed by atoms with Crippen LogP contribution in [0.4, 0.5) is 5.82 Å². The van der Waals surface area contributed by atoms with Crippen molar-refractivity contribution in [2.45, 2.75) is 32.4 Å². The molecule has 2 aromatic heterocycles. The van der Waals surface area contributed by atoms with Gasteiger partial charge < -0.3 is 10.0 Å². The number of benzene rings is 1. The Hall–Kier alpha value is -2.47. The van der Waals surface area contributed by atoms with E-state index in [1.54, 1.807) is 0 Å². The number of anilines is 1. The van der Waals surface area contributed by atoms with Gasteiger partial charge in [0.15, 0.2) is 11.5 Å². The Bertz CT molecular complexity index is 844. The predicted molar refractivity (Wildman–Crippen MR) is 87.2 cm³/mol. The van der Waals surface area contributed by atoms with E-state index < -0.39 is 6.10 Å². The second-order valence-corrected chi connectivity index (χ2v) is 5.86. The van der Waals surface area contributed by atoms with E-state index >= 15 is 0 Å². The zero-order valence-corrected chi connectivity index (χ0v) is 13.1. The van der Waals surface area contributed by atoms with E-state index in [-0.39, 0.29) is 0 Å². The van der Waals surface area contributed by atoms with E-state index in [2.05, 4.69) is 21.2 Å². The van der Waals surface area contributed by atoms with Crippen molar-refractivity contribution in [3.05, 3.63) is 53.3 Å². The van der Waals surface area contributed by atoms with Crippen LogP contribution in [0.25, 0.3) is 5.65 Å². The number of aryl methyl sites for hydroxylation is 1. The summed E-state index contributed by atoms with van der Waals surface area (Å²) in [4.78, 5) is 2.20. The first-order valence-electron chi connectivity index (χ1n) is 7.98. The molecule has 1 N–H and O–H groups in total. The lowest BCUT2D eigenvalue weighted by atomic mass is 10.0. The molecule has 1 unspecified atom stereocenters. The fourth-order valence-corrected chi connectivity index (χ4v) is 3.13. The van der Waals surface area contributed by atoms with Gasteiger partial charge in [0.1, 0.15) is 5.82 Å². The Morgan fingerprint density at radius 3 is 2.91 bits per heavy atom. The minimum atomic E-state index is -0.416. The molecular formula is C17H19N5O. The summed E-state index contributed by atoms with van der Waals surface area (Å²) >= 11 is 0. The van der Waals surface area contributed by atoms with E-state index in [0.717, 1.165) is 47.9 Å². The summed E-state index contributed by atoms with van der Waals surface area (Å²) in [6.45, 7) is 3.55. The molecule has 1 aliphatic heterocycles. The van der Waals surface area contributed by atoms with Gasteiger partial charge in [-0.25, -0.2) is 0 Å². The number of nitrogens with zero attached hydrogens (tertiary/aromatic N) is 5. The third-order valence-corrected chi connectivity index (χ3v) is 4.40. The largest absolute Gasteiger partial charge is 0.388 e. The van der Waals surface area contributed by atoms with E-state index in [9.17, 15) is 5.11 Å². The number of hydrogen-bond acceptors (Lipinski definition) is 5. The Morgan fingerprint density at radius 2 is 2.04 bits per heavy atom. The Kier molecular flexibility index (Phi) is 3.46. The SMILES string of the molecule is CCc1nnc2ccc(N3CCC(O)c4ccccc4C3)nn12. The van der Waals surface area contributed by atoms with Crippen molar-refractivity contribution in [1.29, 1.82) is 0 Å². The summed E-state index contributed by atoms with van der Waals surface area (Å²) in [6.07, 6.45) is 1.07. The van der Waals surface area contributed by atoms with Crippen molar-refractivity contribution in [3.8, 4) is 0 Å². The molecule has 1 atom stereocenters. The molecule has 4 rings (SSSR count). The van der Waals surface area contributed by atoms with Gasteiger partial charge in [0.25, 0.3) is 0 Å². The average molecular weight is 309 g/mol. The van der Waals surface area contributed by atoms with Crippen molar-refractivity contribution in [1.82, 2.24) is 19.8 Å². The molecule has 0 saturated carbocycles. The summed E-state index contributed by atoms with van der Waals surface area (Å²) in [7, 11) is 0. The van der Waals surface area contributed by atoms with Gasteiger partial charge in [0.05, 0.1) is 6.10 Å². The standard InChI is InChI=1S/C17H19N5O/c1-2-15-18-19-16-7-8-17(20-22(15)16)21-10-9-14(23)13-6-4-3-5-12(13)11-21/h3-8,14,23H,2,9-11H2,1H3. The first-order valence-corrected chi connectivity index (χ1v) is 7.98. The summed E-state index contributed by atoms with van der Waals surface area (Å²) in [6, 6.07) is 12.0. The molecule has 0 fully saturated rings. The molecule has 1 aromatic carbocycles. The minimum Gasteiger partial charge on any atom is -0.388 e. The van der Waals surface area contributed by atoms with Crippen LogP contribution in [0, 0.1) is 0 Å². The molecule has 0 bridgehead atoms. The van der Waals surface area contributed by atoms with Gasteiger partial charge in [0, 0.05) is 19.5 Å². The monoisotopic (exact) mass is 309 g/mol. The van der Waals surface area contributed by atoms with Crippen molar-refractivity contribution in [2.24, 2.45) is 0 Å².